The zero-order valence-electron chi connectivity index (χ0n) is 5.82. The van der Waals surface area contributed by atoms with Crippen LogP contribution in [0.4, 0.5) is 0 Å². The minimum absolute atomic E-state index is 0. The van der Waals surface area contributed by atoms with Crippen LogP contribution in [0, 0.1) is 11.3 Å². The quantitative estimate of drug-likeness (QED) is 0.736. The number of nitriles is 1. The van der Waals surface area contributed by atoms with Gasteiger partial charge < -0.3 is 0 Å². The van der Waals surface area contributed by atoms with Crippen molar-refractivity contribution in [2.75, 3.05) is 0 Å². The molecule has 0 aromatic heterocycles. The highest BCUT2D eigenvalue weighted by atomic mass is 79.9. The third kappa shape index (κ3) is 2.96. The fraction of sp³-hybridized carbons (Fsp3) is 0.125. The van der Waals surface area contributed by atoms with Crippen molar-refractivity contribution >= 4 is 29.6 Å². The molecule has 58 valence electrons. The molecular formula is C8H8BrNS. The molecule has 0 heterocycles. The second-order valence-corrected chi connectivity index (χ2v) is 2.28. The summed E-state index contributed by atoms with van der Waals surface area (Å²) in [7, 11) is 0. The van der Waals surface area contributed by atoms with Gasteiger partial charge in [0.1, 0.15) is 0 Å². The average Bonchev–Trinajstić information content (AvgIpc) is 2.05. The van der Waals surface area contributed by atoms with Crippen LogP contribution in [-0.4, -0.2) is 0 Å². The van der Waals surface area contributed by atoms with Gasteiger partial charge in [-0.15, -0.1) is 17.0 Å². The summed E-state index contributed by atoms with van der Waals surface area (Å²) >= 11 is 4.09. The predicted octanol–water partition coefficient (Wildman–Crippen LogP) is 2.57. The van der Waals surface area contributed by atoms with Gasteiger partial charge in [0.25, 0.3) is 0 Å². The molecule has 11 heavy (non-hydrogen) atoms. The minimum Gasteiger partial charge on any atom is -0.192 e. The molecule has 0 spiro atoms. The Morgan fingerprint density at radius 3 is 2.18 bits per heavy atom. The number of hydrogen-bond donors (Lipinski definition) is 1. The highest BCUT2D eigenvalue weighted by Gasteiger charge is 1.88. The molecule has 0 amide bonds. The van der Waals surface area contributed by atoms with Crippen molar-refractivity contribution in [3.63, 3.8) is 0 Å². The topological polar surface area (TPSA) is 23.8 Å². The SMILES string of the molecule is Br.N#Cc1ccc(CS)cc1. The van der Waals surface area contributed by atoms with Gasteiger partial charge in [-0.3, -0.25) is 0 Å². The maximum absolute atomic E-state index is 8.43. The Balaban J connectivity index is 0.000001000. The molecular weight excluding hydrogens is 222 g/mol. The molecule has 1 aromatic carbocycles. The summed E-state index contributed by atoms with van der Waals surface area (Å²) in [4.78, 5) is 0. The van der Waals surface area contributed by atoms with Gasteiger partial charge in [0.15, 0.2) is 0 Å². The average molecular weight is 230 g/mol. The molecule has 1 rings (SSSR count). The monoisotopic (exact) mass is 229 g/mol. The summed E-state index contributed by atoms with van der Waals surface area (Å²) in [5.41, 5.74) is 1.84. The highest BCUT2D eigenvalue weighted by molar-refractivity contribution is 8.93. The van der Waals surface area contributed by atoms with Crippen LogP contribution in [0.5, 0.6) is 0 Å². The zero-order valence-corrected chi connectivity index (χ0v) is 8.43. The number of thiol groups is 1. The van der Waals surface area contributed by atoms with E-state index in [-0.39, 0.29) is 17.0 Å². The van der Waals surface area contributed by atoms with E-state index in [1.54, 1.807) is 12.1 Å². The van der Waals surface area contributed by atoms with E-state index >= 15 is 0 Å². The first-order valence-electron chi connectivity index (χ1n) is 2.96. The molecule has 0 fully saturated rings. The van der Waals surface area contributed by atoms with E-state index in [2.05, 4.69) is 18.7 Å². The second kappa shape index (κ2) is 5.22. The lowest BCUT2D eigenvalue weighted by Gasteiger charge is -1.92. The van der Waals surface area contributed by atoms with Gasteiger partial charge in [0.2, 0.25) is 0 Å². The van der Waals surface area contributed by atoms with Gasteiger partial charge in [0.05, 0.1) is 11.6 Å². The van der Waals surface area contributed by atoms with E-state index in [1.807, 2.05) is 12.1 Å². The Bertz CT molecular complexity index is 250. The summed E-state index contributed by atoms with van der Waals surface area (Å²) in [6.07, 6.45) is 0. The molecule has 1 nitrogen and oxygen atoms in total. The fourth-order valence-corrected chi connectivity index (χ4v) is 0.896. The lowest BCUT2D eigenvalue weighted by atomic mass is 10.2. The molecule has 0 aliphatic carbocycles. The van der Waals surface area contributed by atoms with Crippen molar-refractivity contribution in [3.8, 4) is 6.07 Å². The molecule has 0 saturated heterocycles. The van der Waals surface area contributed by atoms with Crippen LogP contribution in [0.15, 0.2) is 24.3 Å². The van der Waals surface area contributed by atoms with E-state index in [4.69, 9.17) is 5.26 Å². The Hall–Kier alpha value is -0.460. The predicted molar refractivity (Wildman–Crippen MR) is 54.2 cm³/mol. The van der Waals surface area contributed by atoms with Crippen molar-refractivity contribution in [1.29, 1.82) is 5.26 Å². The summed E-state index contributed by atoms with van der Waals surface area (Å²) in [6, 6.07) is 9.46. The van der Waals surface area contributed by atoms with Crippen molar-refractivity contribution in [3.05, 3.63) is 35.4 Å². The molecule has 3 heteroatoms. The van der Waals surface area contributed by atoms with E-state index in [1.165, 1.54) is 0 Å². The largest absolute Gasteiger partial charge is 0.192 e. The third-order valence-corrected chi connectivity index (χ3v) is 1.63. The van der Waals surface area contributed by atoms with Crippen LogP contribution in [-0.2, 0) is 5.75 Å². The normalized spacial score (nSPS) is 8.00. The maximum Gasteiger partial charge on any atom is 0.0991 e. The number of nitrogens with zero attached hydrogens (tertiary/aromatic N) is 1. The molecule has 0 radical (unpaired) electrons. The summed E-state index contributed by atoms with van der Waals surface area (Å²) in [5, 5.41) is 8.43. The molecule has 0 N–H and O–H groups in total. The number of rotatable bonds is 1. The van der Waals surface area contributed by atoms with Crippen LogP contribution in [0.1, 0.15) is 11.1 Å². The van der Waals surface area contributed by atoms with Crippen molar-refractivity contribution in [2.24, 2.45) is 0 Å². The highest BCUT2D eigenvalue weighted by Crippen LogP contribution is 2.04. The van der Waals surface area contributed by atoms with Crippen LogP contribution in [0.25, 0.3) is 0 Å². The Morgan fingerprint density at radius 2 is 1.82 bits per heavy atom. The standard InChI is InChI=1S/C8H7NS.BrH/c9-5-7-1-3-8(6-10)4-2-7;/h1-4,10H,6H2;1H. The van der Waals surface area contributed by atoms with Gasteiger partial charge in [-0.25, -0.2) is 0 Å². The second-order valence-electron chi connectivity index (χ2n) is 1.97. The van der Waals surface area contributed by atoms with E-state index in [0.717, 1.165) is 11.3 Å². The lowest BCUT2D eigenvalue weighted by Crippen LogP contribution is -1.77. The number of halogens is 1. The maximum atomic E-state index is 8.43. The molecule has 0 aliphatic rings. The fourth-order valence-electron chi connectivity index (χ4n) is 0.685. The first kappa shape index (κ1) is 10.5. The van der Waals surface area contributed by atoms with E-state index in [9.17, 15) is 0 Å². The Morgan fingerprint density at radius 1 is 1.27 bits per heavy atom. The van der Waals surface area contributed by atoms with E-state index < -0.39 is 0 Å². The van der Waals surface area contributed by atoms with E-state index in [0.29, 0.717) is 5.56 Å². The van der Waals surface area contributed by atoms with Crippen LogP contribution in [0.3, 0.4) is 0 Å². The Labute approximate surface area is 82.2 Å². The molecule has 1 aromatic rings. The smallest absolute Gasteiger partial charge is 0.0991 e. The van der Waals surface area contributed by atoms with Gasteiger partial charge in [0, 0.05) is 5.75 Å². The van der Waals surface area contributed by atoms with Gasteiger partial charge in [-0.2, -0.15) is 17.9 Å². The number of hydrogen-bond acceptors (Lipinski definition) is 2. The van der Waals surface area contributed by atoms with Crippen molar-refractivity contribution in [2.45, 2.75) is 5.75 Å². The van der Waals surface area contributed by atoms with Crippen LogP contribution in [0.2, 0.25) is 0 Å². The van der Waals surface area contributed by atoms with Crippen LogP contribution < -0.4 is 0 Å². The molecule has 0 unspecified atom stereocenters. The van der Waals surface area contributed by atoms with Gasteiger partial charge in [-0.1, -0.05) is 12.1 Å². The summed E-state index contributed by atoms with van der Waals surface area (Å²) in [6.45, 7) is 0. The van der Waals surface area contributed by atoms with Crippen molar-refractivity contribution in [1.82, 2.24) is 0 Å². The zero-order chi connectivity index (χ0) is 7.40. The van der Waals surface area contributed by atoms with Crippen LogP contribution >= 0.6 is 29.6 Å². The number of benzene rings is 1. The lowest BCUT2D eigenvalue weighted by molar-refractivity contribution is 1.40. The third-order valence-electron chi connectivity index (χ3n) is 1.27. The van der Waals surface area contributed by atoms with Gasteiger partial charge in [-0.05, 0) is 17.7 Å². The molecule has 0 aliphatic heterocycles. The van der Waals surface area contributed by atoms with Crippen molar-refractivity contribution < 1.29 is 0 Å². The first-order chi connectivity index (χ1) is 4.86. The minimum atomic E-state index is 0. The van der Waals surface area contributed by atoms with Gasteiger partial charge >= 0.3 is 0 Å². The summed E-state index contributed by atoms with van der Waals surface area (Å²) < 4.78 is 0. The molecule has 0 atom stereocenters. The molecule has 0 bridgehead atoms. The Kier molecular flexibility index (Phi) is 5.01. The summed E-state index contributed by atoms with van der Waals surface area (Å²) in [5.74, 6) is 0.728. The molecule has 0 saturated carbocycles. The first-order valence-corrected chi connectivity index (χ1v) is 3.60.